The van der Waals surface area contributed by atoms with Gasteiger partial charge in [-0.05, 0) is 127 Å². The number of amides is 3. The van der Waals surface area contributed by atoms with Crippen LogP contribution >= 0.6 is 0 Å². The predicted molar refractivity (Wildman–Crippen MR) is 223 cm³/mol. The Morgan fingerprint density at radius 3 is 2.08 bits per heavy atom. The van der Waals surface area contributed by atoms with Crippen molar-refractivity contribution >= 4 is 61.9 Å². The highest BCUT2D eigenvalue weighted by Gasteiger charge is 2.38. The average molecular weight is 870 g/mol. The fraction of sp³-hybridized carbons (Fsp3) is 0.419. The zero-order chi connectivity index (χ0) is 45.0. The van der Waals surface area contributed by atoms with E-state index in [2.05, 4.69) is 20.9 Å². The van der Waals surface area contributed by atoms with E-state index in [4.69, 9.17) is 9.47 Å². The Kier molecular flexibility index (Phi) is 14.0. The molecule has 1 aliphatic rings. The van der Waals surface area contributed by atoms with Crippen LogP contribution in [0.15, 0.2) is 65.7 Å². The van der Waals surface area contributed by atoms with Crippen LogP contribution in [-0.2, 0) is 48.3 Å². The lowest BCUT2D eigenvalue weighted by Gasteiger charge is -2.28. The molecule has 3 aromatic carbocycles. The summed E-state index contributed by atoms with van der Waals surface area (Å²) < 4.78 is 79.6. The van der Waals surface area contributed by atoms with Gasteiger partial charge in [-0.15, -0.1) is 0 Å². The van der Waals surface area contributed by atoms with Crippen LogP contribution in [0.4, 0.5) is 40.0 Å². The Morgan fingerprint density at radius 1 is 0.869 bits per heavy atom. The molecule has 1 aromatic heterocycles. The van der Waals surface area contributed by atoms with Crippen molar-refractivity contribution in [3.63, 3.8) is 0 Å². The predicted octanol–water partition coefficient (Wildman–Crippen LogP) is 8.32. The lowest BCUT2D eigenvalue weighted by atomic mass is 9.94. The summed E-state index contributed by atoms with van der Waals surface area (Å²) >= 11 is 0. The molecule has 3 amide bonds. The molecule has 4 aromatic rings. The molecule has 5 rings (SSSR count). The molecular formula is C43H50F3N5O9S. The molecule has 1 heterocycles. The Morgan fingerprint density at radius 2 is 1.51 bits per heavy atom. The number of ether oxygens (including phenoxy) is 2. The summed E-state index contributed by atoms with van der Waals surface area (Å²) in [6.07, 6.45) is -3.91. The number of imide groups is 1. The van der Waals surface area contributed by atoms with Crippen molar-refractivity contribution < 1.29 is 55.3 Å². The third kappa shape index (κ3) is 12.0. The van der Waals surface area contributed by atoms with Crippen LogP contribution in [0.2, 0.25) is 0 Å². The summed E-state index contributed by atoms with van der Waals surface area (Å²) in [4.78, 5) is 57.3. The zero-order valence-electron chi connectivity index (χ0n) is 34.9. The average Bonchev–Trinajstić information content (AvgIpc) is 4.00. The maximum absolute atomic E-state index is 15.4. The number of rotatable bonds is 15. The number of aromatic nitrogens is 1. The number of hydrogen-bond donors (Lipinski definition) is 4. The van der Waals surface area contributed by atoms with Crippen LogP contribution in [0.25, 0.3) is 10.8 Å². The highest BCUT2D eigenvalue weighted by atomic mass is 32.2. The minimum atomic E-state index is -3.51. The second-order valence-electron chi connectivity index (χ2n) is 16.7. The van der Waals surface area contributed by atoms with Crippen molar-refractivity contribution in [2.75, 3.05) is 22.6 Å². The number of carbonyl (C=O) groups is 4. The molecule has 18 heteroatoms. The van der Waals surface area contributed by atoms with Crippen LogP contribution in [0, 0.1) is 5.82 Å². The molecular weight excluding hydrogens is 820 g/mol. The SMILES string of the molecule is CNCc1cc(NC(=O)CCc2cc(C(Nc3ccc4c(N(C(=O)OC(C)(C)C)C(=O)OC(C)(C)C)ncc(F)c4c3)C(=O)O)ccc2CC(F)F)ccc1S(=O)(=O)C1CC1. The van der Waals surface area contributed by atoms with E-state index in [1.54, 1.807) is 54.7 Å². The molecule has 0 radical (unpaired) electrons. The number of nitrogens with one attached hydrogen (secondary N) is 3. The zero-order valence-corrected chi connectivity index (χ0v) is 35.7. The molecule has 1 atom stereocenters. The standard InChI is InChI=1S/C43H50F3N5O9S/c1-42(2,3)59-40(55)51(41(56)60-43(4,5)6)38-31-15-11-29(21-32(31)33(44)23-48-38)50-37(39(53)54)26-9-8-25(20-35(45)46)24(18-26)10-17-36(52)49-28-12-16-34(27(19-28)22-47-7)61(57,58)30-13-14-30/h8-9,11-12,15-16,18-19,21,23,30,35,37,47,50H,10,13-14,17,20,22H2,1-7H3,(H,49,52)(H,53,54). The van der Waals surface area contributed by atoms with Crippen molar-refractivity contribution in [2.45, 2.75) is 114 Å². The first kappa shape index (κ1) is 46.3. The summed E-state index contributed by atoms with van der Waals surface area (Å²) in [5.41, 5.74) is -0.494. The number of carboxylic acids is 1. The quantitative estimate of drug-likeness (QED) is 0.0894. The summed E-state index contributed by atoms with van der Waals surface area (Å²) in [5, 5.41) is 18.3. The van der Waals surface area contributed by atoms with Crippen LogP contribution in [0.1, 0.15) is 89.1 Å². The van der Waals surface area contributed by atoms with Crippen LogP contribution in [0.3, 0.4) is 0 Å². The number of pyridine rings is 1. The topological polar surface area (TPSA) is 193 Å². The van der Waals surface area contributed by atoms with Gasteiger partial charge in [-0.1, -0.05) is 18.2 Å². The molecule has 0 saturated heterocycles. The van der Waals surface area contributed by atoms with E-state index >= 15 is 4.39 Å². The molecule has 1 fully saturated rings. The van der Waals surface area contributed by atoms with Crippen molar-refractivity contribution in [3.05, 3.63) is 88.9 Å². The third-order valence-corrected chi connectivity index (χ3v) is 11.6. The third-order valence-electron chi connectivity index (χ3n) is 9.28. The molecule has 328 valence electrons. The number of hydrogen-bond acceptors (Lipinski definition) is 11. The summed E-state index contributed by atoms with van der Waals surface area (Å²) in [6.45, 7) is 9.78. The largest absolute Gasteiger partial charge is 0.479 e. The molecule has 0 spiro atoms. The van der Waals surface area contributed by atoms with Gasteiger partial charge in [0, 0.05) is 41.5 Å². The highest BCUT2D eigenvalue weighted by Crippen LogP contribution is 2.36. The van der Waals surface area contributed by atoms with Crippen molar-refractivity contribution in [2.24, 2.45) is 0 Å². The second kappa shape index (κ2) is 18.5. The number of sulfone groups is 1. The number of benzene rings is 3. The Hall–Kier alpha value is -5.75. The van der Waals surface area contributed by atoms with Gasteiger partial charge in [0.15, 0.2) is 21.7 Å². The van der Waals surface area contributed by atoms with Gasteiger partial charge >= 0.3 is 18.2 Å². The fourth-order valence-corrected chi connectivity index (χ4v) is 8.37. The molecule has 4 N–H and O–H groups in total. The summed E-state index contributed by atoms with van der Waals surface area (Å²) in [6, 6.07) is 11.2. The first-order valence-electron chi connectivity index (χ1n) is 19.5. The maximum atomic E-state index is 15.4. The smallest absolute Gasteiger partial charge is 0.425 e. The Labute approximate surface area is 352 Å². The van der Waals surface area contributed by atoms with Crippen molar-refractivity contribution in [3.8, 4) is 0 Å². The lowest BCUT2D eigenvalue weighted by Crippen LogP contribution is -2.44. The van der Waals surface area contributed by atoms with Crippen LogP contribution in [-0.4, -0.2) is 72.5 Å². The first-order chi connectivity index (χ1) is 28.5. The van der Waals surface area contributed by atoms with E-state index in [1.165, 1.54) is 48.5 Å². The number of carboxylic acid groups (broad SMARTS) is 1. The van der Waals surface area contributed by atoms with Gasteiger partial charge in [-0.25, -0.2) is 41.0 Å². The highest BCUT2D eigenvalue weighted by molar-refractivity contribution is 7.92. The van der Waals surface area contributed by atoms with Crippen molar-refractivity contribution in [1.82, 2.24) is 10.3 Å². The van der Waals surface area contributed by atoms with Crippen LogP contribution in [0.5, 0.6) is 0 Å². The normalized spacial score (nSPS) is 13.8. The minimum absolute atomic E-state index is 0.0106. The van der Waals surface area contributed by atoms with E-state index in [-0.39, 0.29) is 57.7 Å². The number of fused-ring (bicyclic) bond motifs is 1. The lowest BCUT2D eigenvalue weighted by molar-refractivity contribution is -0.138. The fourth-order valence-electron chi connectivity index (χ4n) is 6.50. The molecule has 14 nitrogen and oxygen atoms in total. The van der Waals surface area contributed by atoms with Gasteiger partial charge in [0.05, 0.1) is 16.3 Å². The Balaban J connectivity index is 1.41. The first-order valence-corrected chi connectivity index (χ1v) is 21.1. The van der Waals surface area contributed by atoms with E-state index in [0.717, 1.165) is 6.20 Å². The molecule has 1 unspecified atom stereocenters. The number of anilines is 3. The van der Waals surface area contributed by atoms with E-state index in [0.29, 0.717) is 34.6 Å². The molecule has 1 saturated carbocycles. The minimum Gasteiger partial charge on any atom is -0.479 e. The van der Waals surface area contributed by atoms with Gasteiger partial charge in [0.1, 0.15) is 17.0 Å². The van der Waals surface area contributed by atoms with E-state index in [9.17, 15) is 41.5 Å². The van der Waals surface area contributed by atoms with Gasteiger partial charge < -0.3 is 30.5 Å². The molecule has 1 aliphatic carbocycles. The number of carbonyl (C=O) groups excluding carboxylic acids is 3. The summed E-state index contributed by atoms with van der Waals surface area (Å²) in [7, 11) is -1.84. The van der Waals surface area contributed by atoms with E-state index < -0.39 is 75.1 Å². The maximum Gasteiger partial charge on any atom is 0.425 e. The van der Waals surface area contributed by atoms with Gasteiger partial charge in [0.2, 0.25) is 12.3 Å². The number of aliphatic carboxylic acids is 1. The molecule has 61 heavy (non-hydrogen) atoms. The van der Waals surface area contributed by atoms with Gasteiger partial charge in [0.25, 0.3) is 0 Å². The molecule has 0 aliphatic heterocycles. The summed E-state index contributed by atoms with van der Waals surface area (Å²) in [5.74, 6) is -3.02. The van der Waals surface area contributed by atoms with Gasteiger partial charge in [-0.3, -0.25) is 4.79 Å². The monoisotopic (exact) mass is 869 g/mol. The van der Waals surface area contributed by atoms with E-state index in [1.807, 2.05) is 0 Å². The number of nitrogens with zero attached hydrogens (tertiary/aromatic N) is 2. The Bertz CT molecular complexity index is 2400. The van der Waals surface area contributed by atoms with Gasteiger partial charge in [-0.2, -0.15) is 4.90 Å². The van der Waals surface area contributed by atoms with Crippen LogP contribution < -0.4 is 20.9 Å². The molecule has 0 bridgehead atoms. The number of alkyl halides is 2. The second-order valence-corrected chi connectivity index (χ2v) is 18.9. The number of halogens is 3. The van der Waals surface area contributed by atoms with Crippen molar-refractivity contribution in [1.29, 1.82) is 0 Å². The number of aryl methyl sites for hydroxylation is 1.